The fourth-order valence-corrected chi connectivity index (χ4v) is 3.05. The Morgan fingerprint density at radius 3 is 2.33 bits per heavy atom. The Morgan fingerprint density at radius 2 is 1.71 bits per heavy atom. The summed E-state index contributed by atoms with van der Waals surface area (Å²) in [7, 11) is 0. The zero-order valence-corrected chi connectivity index (χ0v) is 13.5. The van der Waals surface area contributed by atoms with Gasteiger partial charge in [-0.25, -0.2) is 4.79 Å². The number of benzene rings is 1. The predicted molar refractivity (Wildman–Crippen MR) is 82.9 cm³/mol. The molecule has 0 aliphatic heterocycles. The Kier molecular flexibility index (Phi) is 5.04. The van der Waals surface area contributed by atoms with Crippen molar-refractivity contribution in [2.24, 2.45) is 11.3 Å². The molecule has 21 heavy (non-hydrogen) atoms. The number of carbonyl (C=O) groups excluding carboxylic acids is 1. The second-order valence-corrected chi connectivity index (χ2v) is 7.13. The van der Waals surface area contributed by atoms with Crippen molar-refractivity contribution in [3.63, 3.8) is 0 Å². The average Bonchev–Trinajstić information content (AvgIpc) is 2.45. The zero-order chi connectivity index (χ0) is 15.5. The number of aryl methyl sites for hydroxylation is 1. The summed E-state index contributed by atoms with van der Waals surface area (Å²) in [6.45, 7) is 8.66. The molecule has 2 atom stereocenters. The molecule has 0 saturated heterocycles. The maximum Gasteiger partial charge on any atom is 0.373 e. The number of hydrogen-bond donors (Lipinski definition) is 0. The van der Waals surface area contributed by atoms with Gasteiger partial charge in [0, 0.05) is 0 Å². The van der Waals surface area contributed by atoms with Crippen LogP contribution in [-0.4, -0.2) is 12.1 Å². The van der Waals surface area contributed by atoms with E-state index in [-0.39, 0.29) is 11.5 Å². The SMILES string of the molecule is Cc1ccc(C(=O)OOC2CCCCC2C(C)(C)C)cc1. The van der Waals surface area contributed by atoms with Gasteiger partial charge in [-0.3, -0.25) is 4.89 Å². The van der Waals surface area contributed by atoms with Gasteiger partial charge < -0.3 is 0 Å². The molecule has 3 nitrogen and oxygen atoms in total. The smallest absolute Gasteiger partial charge is 0.293 e. The van der Waals surface area contributed by atoms with Gasteiger partial charge in [0.2, 0.25) is 0 Å². The van der Waals surface area contributed by atoms with Crippen molar-refractivity contribution in [2.45, 2.75) is 59.5 Å². The van der Waals surface area contributed by atoms with Crippen LogP contribution in [-0.2, 0) is 9.78 Å². The largest absolute Gasteiger partial charge is 0.373 e. The van der Waals surface area contributed by atoms with Gasteiger partial charge in [-0.2, -0.15) is 4.89 Å². The first-order valence-corrected chi connectivity index (χ1v) is 7.82. The minimum absolute atomic E-state index is 0.00754. The molecule has 116 valence electrons. The van der Waals surface area contributed by atoms with Crippen molar-refractivity contribution in [3.05, 3.63) is 35.4 Å². The van der Waals surface area contributed by atoms with E-state index >= 15 is 0 Å². The van der Waals surface area contributed by atoms with E-state index in [0.29, 0.717) is 11.5 Å². The van der Waals surface area contributed by atoms with Gasteiger partial charge in [0.15, 0.2) is 0 Å². The van der Waals surface area contributed by atoms with Gasteiger partial charge in [-0.1, -0.05) is 51.3 Å². The Balaban J connectivity index is 1.94. The van der Waals surface area contributed by atoms with E-state index in [1.54, 1.807) is 12.1 Å². The molecular formula is C18H26O3. The fourth-order valence-electron chi connectivity index (χ4n) is 3.05. The van der Waals surface area contributed by atoms with Crippen molar-refractivity contribution in [2.75, 3.05) is 0 Å². The Labute approximate surface area is 127 Å². The third-order valence-corrected chi connectivity index (χ3v) is 4.35. The van der Waals surface area contributed by atoms with Gasteiger partial charge in [-0.05, 0) is 43.2 Å². The normalized spacial score (nSPS) is 22.9. The first-order chi connectivity index (χ1) is 9.88. The van der Waals surface area contributed by atoms with Crippen molar-refractivity contribution >= 4 is 5.97 Å². The highest BCUT2D eigenvalue weighted by molar-refractivity contribution is 5.88. The number of rotatable bonds is 3. The van der Waals surface area contributed by atoms with Crippen LogP contribution in [0.1, 0.15) is 62.4 Å². The molecule has 1 aliphatic rings. The maximum atomic E-state index is 12.0. The summed E-state index contributed by atoms with van der Waals surface area (Å²) in [6.07, 6.45) is 4.47. The topological polar surface area (TPSA) is 35.5 Å². The van der Waals surface area contributed by atoms with Crippen molar-refractivity contribution < 1.29 is 14.6 Å². The Bertz CT molecular complexity index is 470. The van der Waals surface area contributed by atoms with Crippen LogP contribution in [0.25, 0.3) is 0 Å². The van der Waals surface area contributed by atoms with E-state index in [9.17, 15) is 4.79 Å². The molecule has 2 unspecified atom stereocenters. The predicted octanol–water partition coefficient (Wildman–Crippen LogP) is 4.69. The van der Waals surface area contributed by atoms with Crippen LogP contribution in [0.2, 0.25) is 0 Å². The van der Waals surface area contributed by atoms with E-state index in [1.165, 1.54) is 6.42 Å². The molecule has 0 spiro atoms. The monoisotopic (exact) mass is 290 g/mol. The van der Waals surface area contributed by atoms with Crippen LogP contribution < -0.4 is 0 Å². The molecule has 0 N–H and O–H groups in total. The second-order valence-electron chi connectivity index (χ2n) is 7.13. The standard InChI is InChI=1S/C18H26O3/c1-13-9-11-14(12-10-13)17(19)21-20-16-8-6-5-7-15(16)18(2,3)4/h9-12,15-16H,5-8H2,1-4H3. The van der Waals surface area contributed by atoms with E-state index in [2.05, 4.69) is 20.8 Å². The molecular weight excluding hydrogens is 264 g/mol. The molecule has 0 aromatic heterocycles. The summed E-state index contributed by atoms with van der Waals surface area (Å²) in [4.78, 5) is 22.6. The van der Waals surface area contributed by atoms with Crippen LogP contribution in [0, 0.1) is 18.3 Å². The lowest BCUT2D eigenvalue weighted by Gasteiger charge is -2.38. The summed E-state index contributed by atoms with van der Waals surface area (Å²) >= 11 is 0. The van der Waals surface area contributed by atoms with Crippen molar-refractivity contribution in [3.8, 4) is 0 Å². The highest BCUT2D eigenvalue weighted by Gasteiger charge is 2.36. The highest BCUT2D eigenvalue weighted by Crippen LogP contribution is 2.39. The minimum atomic E-state index is -0.409. The maximum absolute atomic E-state index is 12.0. The molecule has 1 aromatic rings. The van der Waals surface area contributed by atoms with Crippen LogP contribution >= 0.6 is 0 Å². The third-order valence-electron chi connectivity index (χ3n) is 4.35. The lowest BCUT2D eigenvalue weighted by Crippen LogP contribution is -2.37. The third kappa shape index (κ3) is 4.31. The summed E-state index contributed by atoms with van der Waals surface area (Å²) in [6, 6.07) is 7.33. The quantitative estimate of drug-likeness (QED) is 0.598. The molecule has 1 saturated carbocycles. The minimum Gasteiger partial charge on any atom is -0.293 e. The lowest BCUT2D eigenvalue weighted by molar-refractivity contribution is -0.297. The average molecular weight is 290 g/mol. The van der Waals surface area contributed by atoms with Gasteiger partial charge in [-0.15, -0.1) is 0 Å². The van der Waals surface area contributed by atoms with E-state index in [1.807, 2.05) is 19.1 Å². The van der Waals surface area contributed by atoms with Gasteiger partial charge in [0.05, 0.1) is 5.56 Å². The number of hydrogen-bond acceptors (Lipinski definition) is 3. The van der Waals surface area contributed by atoms with E-state index in [0.717, 1.165) is 24.8 Å². The molecule has 1 aliphatic carbocycles. The van der Waals surface area contributed by atoms with Gasteiger partial charge in [0.25, 0.3) is 0 Å². The molecule has 0 radical (unpaired) electrons. The van der Waals surface area contributed by atoms with Gasteiger partial charge in [0.1, 0.15) is 6.10 Å². The van der Waals surface area contributed by atoms with E-state index < -0.39 is 5.97 Å². The van der Waals surface area contributed by atoms with Crippen molar-refractivity contribution in [1.82, 2.24) is 0 Å². The van der Waals surface area contributed by atoms with Crippen LogP contribution in [0.15, 0.2) is 24.3 Å². The zero-order valence-electron chi connectivity index (χ0n) is 13.5. The Morgan fingerprint density at radius 1 is 1.10 bits per heavy atom. The Hall–Kier alpha value is -1.35. The fraction of sp³-hybridized carbons (Fsp3) is 0.611. The van der Waals surface area contributed by atoms with E-state index in [4.69, 9.17) is 9.78 Å². The molecule has 0 heterocycles. The van der Waals surface area contributed by atoms with Gasteiger partial charge >= 0.3 is 5.97 Å². The first kappa shape index (κ1) is 16.0. The summed E-state index contributed by atoms with van der Waals surface area (Å²) in [5, 5.41) is 0. The molecule has 0 bridgehead atoms. The van der Waals surface area contributed by atoms with Crippen molar-refractivity contribution in [1.29, 1.82) is 0 Å². The highest BCUT2D eigenvalue weighted by atomic mass is 17.2. The number of carbonyl (C=O) groups is 1. The molecule has 1 aromatic carbocycles. The molecule has 0 amide bonds. The molecule has 2 rings (SSSR count). The first-order valence-electron chi connectivity index (χ1n) is 7.82. The van der Waals surface area contributed by atoms with Crippen LogP contribution in [0.4, 0.5) is 0 Å². The molecule has 3 heteroatoms. The summed E-state index contributed by atoms with van der Waals surface area (Å²) in [5.41, 5.74) is 1.82. The molecule has 1 fully saturated rings. The van der Waals surface area contributed by atoms with Crippen LogP contribution in [0.3, 0.4) is 0 Å². The lowest BCUT2D eigenvalue weighted by atomic mass is 9.71. The summed E-state index contributed by atoms with van der Waals surface area (Å²) < 4.78 is 0. The summed E-state index contributed by atoms with van der Waals surface area (Å²) in [5.74, 6) is 0.0188. The second kappa shape index (κ2) is 6.61. The van der Waals surface area contributed by atoms with Crippen LogP contribution in [0.5, 0.6) is 0 Å².